The lowest BCUT2D eigenvalue weighted by molar-refractivity contribution is -0.123. The summed E-state index contributed by atoms with van der Waals surface area (Å²) in [5.74, 6) is -0.0470. The van der Waals surface area contributed by atoms with Gasteiger partial charge in [-0.3, -0.25) is 4.79 Å². The zero-order chi connectivity index (χ0) is 12.3. The number of carbonyl (C=O) groups excluding carboxylic acids is 1. The number of hydrogen-bond acceptors (Lipinski definition) is 2. The second-order valence-corrected chi connectivity index (χ2v) is 5.29. The van der Waals surface area contributed by atoms with Gasteiger partial charge in [-0.05, 0) is 47.0 Å². The molecule has 3 nitrogen and oxygen atoms in total. The smallest absolute Gasteiger partial charge is 0.229 e. The SMILES string of the molecule is O=C(Nc1ccc(Br)c(Cl)c1)C1CCCOC1. The average Bonchev–Trinajstić information content (AvgIpc) is 2.35. The molecule has 2 rings (SSSR count). The summed E-state index contributed by atoms with van der Waals surface area (Å²) in [6.07, 6.45) is 1.83. The van der Waals surface area contributed by atoms with Crippen LogP contribution in [0.25, 0.3) is 0 Å². The third-order valence-electron chi connectivity index (χ3n) is 2.72. The van der Waals surface area contributed by atoms with Crippen LogP contribution in [0.1, 0.15) is 12.8 Å². The molecule has 0 spiro atoms. The van der Waals surface area contributed by atoms with Gasteiger partial charge in [0.05, 0.1) is 17.5 Å². The van der Waals surface area contributed by atoms with Crippen LogP contribution in [0.2, 0.25) is 5.02 Å². The van der Waals surface area contributed by atoms with E-state index in [2.05, 4.69) is 21.2 Å². The minimum atomic E-state index is -0.0498. The molecule has 0 aliphatic carbocycles. The van der Waals surface area contributed by atoms with Crippen molar-refractivity contribution in [2.45, 2.75) is 12.8 Å². The number of carbonyl (C=O) groups is 1. The highest BCUT2D eigenvalue weighted by Gasteiger charge is 2.21. The van der Waals surface area contributed by atoms with Crippen molar-refractivity contribution in [1.82, 2.24) is 0 Å². The lowest BCUT2D eigenvalue weighted by Crippen LogP contribution is -2.30. The van der Waals surface area contributed by atoms with E-state index in [1.54, 1.807) is 6.07 Å². The van der Waals surface area contributed by atoms with E-state index in [0.717, 1.165) is 23.9 Å². The van der Waals surface area contributed by atoms with Crippen molar-refractivity contribution < 1.29 is 9.53 Å². The highest BCUT2D eigenvalue weighted by molar-refractivity contribution is 9.10. The van der Waals surface area contributed by atoms with E-state index in [1.807, 2.05) is 12.1 Å². The monoisotopic (exact) mass is 317 g/mol. The lowest BCUT2D eigenvalue weighted by Gasteiger charge is -2.21. The summed E-state index contributed by atoms with van der Waals surface area (Å²) < 4.78 is 6.11. The van der Waals surface area contributed by atoms with Gasteiger partial charge in [-0.15, -0.1) is 0 Å². The van der Waals surface area contributed by atoms with Crippen molar-refractivity contribution in [2.75, 3.05) is 18.5 Å². The quantitative estimate of drug-likeness (QED) is 0.907. The minimum absolute atomic E-state index is 0.00286. The third kappa shape index (κ3) is 3.44. The first-order valence-corrected chi connectivity index (χ1v) is 6.67. The van der Waals surface area contributed by atoms with Gasteiger partial charge in [0.2, 0.25) is 5.91 Å². The van der Waals surface area contributed by atoms with Crippen LogP contribution in [0.4, 0.5) is 5.69 Å². The van der Waals surface area contributed by atoms with Gasteiger partial charge in [-0.2, -0.15) is 0 Å². The molecular weight excluding hydrogens is 305 g/mol. The predicted molar refractivity (Wildman–Crippen MR) is 71.3 cm³/mol. The van der Waals surface area contributed by atoms with Gasteiger partial charge in [0.1, 0.15) is 0 Å². The molecule has 92 valence electrons. The summed E-state index contributed by atoms with van der Waals surface area (Å²) in [5.41, 5.74) is 0.716. The predicted octanol–water partition coefficient (Wildman–Crippen LogP) is 3.47. The van der Waals surface area contributed by atoms with E-state index in [1.165, 1.54) is 0 Å². The normalized spacial score (nSPS) is 20.0. The first-order chi connectivity index (χ1) is 8.16. The Morgan fingerprint density at radius 2 is 2.35 bits per heavy atom. The molecule has 1 amide bonds. The van der Waals surface area contributed by atoms with Crippen LogP contribution in [0.5, 0.6) is 0 Å². The van der Waals surface area contributed by atoms with Crippen LogP contribution in [0.15, 0.2) is 22.7 Å². The second kappa shape index (κ2) is 5.85. The number of rotatable bonds is 2. The molecule has 1 aliphatic rings. The maximum absolute atomic E-state index is 11.9. The van der Waals surface area contributed by atoms with Crippen molar-refractivity contribution in [3.63, 3.8) is 0 Å². The zero-order valence-electron chi connectivity index (χ0n) is 9.21. The van der Waals surface area contributed by atoms with Crippen molar-refractivity contribution in [2.24, 2.45) is 5.92 Å². The van der Waals surface area contributed by atoms with Gasteiger partial charge < -0.3 is 10.1 Å². The number of benzene rings is 1. The highest BCUT2D eigenvalue weighted by Crippen LogP contribution is 2.26. The average molecular weight is 319 g/mol. The van der Waals surface area contributed by atoms with Gasteiger partial charge in [0.15, 0.2) is 0 Å². The molecule has 1 aliphatic heterocycles. The number of nitrogens with one attached hydrogen (secondary N) is 1. The maximum Gasteiger partial charge on any atom is 0.229 e. The first kappa shape index (κ1) is 12.9. The molecule has 5 heteroatoms. The Balaban J connectivity index is 1.99. The van der Waals surface area contributed by atoms with Crippen LogP contribution in [0, 0.1) is 5.92 Å². The van der Waals surface area contributed by atoms with Crippen molar-refractivity contribution in [1.29, 1.82) is 0 Å². The molecule has 1 N–H and O–H groups in total. The van der Waals surface area contributed by atoms with Gasteiger partial charge in [-0.1, -0.05) is 11.6 Å². The van der Waals surface area contributed by atoms with Crippen molar-refractivity contribution in [3.8, 4) is 0 Å². The Bertz CT molecular complexity index is 419. The first-order valence-electron chi connectivity index (χ1n) is 5.50. The molecule has 0 saturated carbocycles. The van der Waals surface area contributed by atoms with Crippen LogP contribution in [0.3, 0.4) is 0 Å². The lowest BCUT2D eigenvalue weighted by atomic mass is 10.0. The van der Waals surface area contributed by atoms with E-state index in [-0.39, 0.29) is 11.8 Å². The molecule has 1 unspecified atom stereocenters. The molecule has 17 heavy (non-hydrogen) atoms. The van der Waals surface area contributed by atoms with Crippen molar-refractivity contribution in [3.05, 3.63) is 27.7 Å². The fraction of sp³-hybridized carbons (Fsp3) is 0.417. The van der Waals surface area contributed by atoms with E-state index in [9.17, 15) is 4.79 Å². The molecule has 0 aromatic heterocycles. The van der Waals surface area contributed by atoms with Crippen LogP contribution in [-0.4, -0.2) is 19.1 Å². The summed E-state index contributed by atoms with van der Waals surface area (Å²) in [4.78, 5) is 11.9. The number of anilines is 1. The Labute approximate surface area is 114 Å². The highest BCUT2D eigenvalue weighted by atomic mass is 79.9. The number of ether oxygens (including phenoxy) is 1. The molecule has 1 saturated heterocycles. The molecule has 0 radical (unpaired) electrons. The van der Waals surface area contributed by atoms with E-state index in [0.29, 0.717) is 17.3 Å². The minimum Gasteiger partial charge on any atom is -0.381 e. The van der Waals surface area contributed by atoms with E-state index in [4.69, 9.17) is 16.3 Å². The number of amides is 1. The fourth-order valence-electron chi connectivity index (χ4n) is 1.77. The molecular formula is C12H13BrClNO2. The van der Waals surface area contributed by atoms with Gasteiger partial charge in [0.25, 0.3) is 0 Å². The molecule has 1 heterocycles. The Morgan fingerprint density at radius 1 is 1.53 bits per heavy atom. The molecule has 1 aromatic carbocycles. The van der Waals surface area contributed by atoms with Gasteiger partial charge in [0, 0.05) is 16.8 Å². The standard InChI is InChI=1S/C12H13BrClNO2/c13-10-4-3-9(6-11(10)14)15-12(16)8-2-1-5-17-7-8/h3-4,6,8H,1-2,5,7H2,(H,15,16). The van der Waals surface area contributed by atoms with Gasteiger partial charge >= 0.3 is 0 Å². The van der Waals surface area contributed by atoms with Gasteiger partial charge in [-0.25, -0.2) is 0 Å². The Morgan fingerprint density at radius 3 is 3.00 bits per heavy atom. The summed E-state index contributed by atoms with van der Waals surface area (Å²) in [6, 6.07) is 5.36. The Kier molecular flexibility index (Phi) is 4.42. The summed E-state index contributed by atoms with van der Waals surface area (Å²) in [7, 11) is 0. The summed E-state index contributed by atoms with van der Waals surface area (Å²) in [5, 5.41) is 3.44. The summed E-state index contributed by atoms with van der Waals surface area (Å²) >= 11 is 9.27. The largest absolute Gasteiger partial charge is 0.381 e. The second-order valence-electron chi connectivity index (χ2n) is 4.03. The third-order valence-corrected chi connectivity index (χ3v) is 3.95. The number of halogens is 2. The fourth-order valence-corrected chi connectivity index (χ4v) is 2.19. The van der Waals surface area contributed by atoms with Crippen LogP contribution >= 0.6 is 27.5 Å². The molecule has 1 aromatic rings. The molecule has 1 fully saturated rings. The maximum atomic E-state index is 11.9. The van der Waals surface area contributed by atoms with E-state index < -0.39 is 0 Å². The number of hydrogen-bond donors (Lipinski definition) is 1. The topological polar surface area (TPSA) is 38.3 Å². The van der Waals surface area contributed by atoms with Crippen LogP contribution < -0.4 is 5.32 Å². The Hall–Kier alpha value is -0.580. The molecule has 0 bridgehead atoms. The zero-order valence-corrected chi connectivity index (χ0v) is 11.6. The molecule has 1 atom stereocenters. The van der Waals surface area contributed by atoms with Crippen molar-refractivity contribution >= 4 is 39.1 Å². The van der Waals surface area contributed by atoms with Crippen LogP contribution in [-0.2, 0) is 9.53 Å². The van der Waals surface area contributed by atoms with E-state index >= 15 is 0 Å². The summed E-state index contributed by atoms with van der Waals surface area (Å²) in [6.45, 7) is 1.27.